The molecule has 0 saturated carbocycles. The molecule has 3 saturated heterocycles. The van der Waals surface area contributed by atoms with Crippen molar-refractivity contribution >= 4 is 11.5 Å². The van der Waals surface area contributed by atoms with Gasteiger partial charge in [-0.2, -0.15) is 15.4 Å². The number of anilines is 2. The molecule has 0 aliphatic carbocycles. The van der Waals surface area contributed by atoms with Gasteiger partial charge in [-0.25, -0.2) is 4.39 Å². The summed E-state index contributed by atoms with van der Waals surface area (Å²) in [5.41, 5.74) is 13.7. The van der Waals surface area contributed by atoms with Crippen LogP contribution in [0.15, 0.2) is 30.5 Å². The number of hydroxylamine groups is 1. The second-order valence-electron chi connectivity index (χ2n) is 11.8. The minimum absolute atomic E-state index is 0.0928. The number of halogens is 1. The van der Waals surface area contributed by atoms with Gasteiger partial charge in [0, 0.05) is 49.5 Å². The fraction of sp³-hybridized carbons (Fsp3) is 0.613. The summed E-state index contributed by atoms with van der Waals surface area (Å²) in [6, 6.07) is 6.24. The second-order valence-corrected chi connectivity index (χ2v) is 11.8. The zero-order chi connectivity index (χ0) is 28.9. The van der Waals surface area contributed by atoms with Crippen LogP contribution in [0.2, 0.25) is 0 Å². The largest absolute Gasteiger partial charge is 0.433 e. The molecular weight excluding hydrogens is 539 g/mol. The highest BCUT2D eigenvalue weighted by molar-refractivity contribution is 5.53. The minimum atomic E-state index is -0.749. The van der Waals surface area contributed by atoms with Gasteiger partial charge in [0.15, 0.2) is 0 Å². The van der Waals surface area contributed by atoms with Crippen molar-refractivity contribution < 1.29 is 23.4 Å². The van der Waals surface area contributed by atoms with Crippen LogP contribution in [-0.4, -0.2) is 72.7 Å². The lowest BCUT2D eigenvalue weighted by atomic mass is 9.90. The van der Waals surface area contributed by atoms with Crippen LogP contribution in [-0.2, 0) is 27.3 Å². The molecule has 228 valence electrons. The van der Waals surface area contributed by atoms with Gasteiger partial charge in [-0.1, -0.05) is 13.0 Å². The van der Waals surface area contributed by atoms with Gasteiger partial charge in [0.1, 0.15) is 18.7 Å². The molecule has 0 spiro atoms. The molecule has 10 nitrogen and oxygen atoms in total. The number of nitrogens with one attached hydrogen (secondary N) is 1. The van der Waals surface area contributed by atoms with E-state index in [9.17, 15) is 4.39 Å². The highest BCUT2D eigenvalue weighted by atomic mass is 19.1. The molecule has 6 rings (SSSR count). The first kappa shape index (κ1) is 29.3. The number of nitrogens with two attached hydrogens (primary N) is 1. The van der Waals surface area contributed by atoms with Crippen molar-refractivity contribution in [2.75, 3.05) is 56.8 Å². The number of ether oxygens (including phenoxy) is 3. The van der Waals surface area contributed by atoms with Crippen molar-refractivity contribution in [3.05, 3.63) is 52.9 Å². The molecule has 2 aromatic rings. The Labute approximate surface area is 247 Å². The molecule has 2 unspecified atom stereocenters. The molecule has 3 N–H and O–H groups in total. The first-order chi connectivity index (χ1) is 20.5. The Morgan fingerprint density at radius 3 is 3.05 bits per heavy atom. The van der Waals surface area contributed by atoms with Crippen molar-refractivity contribution in [3.8, 4) is 6.01 Å². The molecular formula is C31H43FN6O4. The fourth-order valence-corrected chi connectivity index (χ4v) is 6.98. The Kier molecular flexibility index (Phi) is 9.20. The molecule has 4 aliphatic heterocycles. The zero-order valence-electron chi connectivity index (χ0n) is 24.5. The molecule has 1 aromatic carbocycles. The van der Waals surface area contributed by atoms with Gasteiger partial charge in [-0.05, 0) is 74.4 Å². The van der Waals surface area contributed by atoms with Crippen molar-refractivity contribution in [3.63, 3.8) is 0 Å². The van der Waals surface area contributed by atoms with E-state index in [0.717, 1.165) is 80.0 Å². The van der Waals surface area contributed by atoms with Crippen molar-refractivity contribution in [2.24, 2.45) is 0 Å². The van der Waals surface area contributed by atoms with E-state index in [-0.39, 0.29) is 31.0 Å². The lowest BCUT2D eigenvalue weighted by Gasteiger charge is -2.30. The van der Waals surface area contributed by atoms with Crippen LogP contribution in [0, 0.1) is 0 Å². The van der Waals surface area contributed by atoms with Crippen LogP contribution < -0.4 is 20.9 Å². The third-order valence-electron chi connectivity index (χ3n) is 9.01. The van der Waals surface area contributed by atoms with Crippen LogP contribution >= 0.6 is 0 Å². The second kappa shape index (κ2) is 13.2. The van der Waals surface area contributed by atoms with E-state index in [2.05, 4.69) is 22.2 Å². The van der Waals surface area contributed by atoms with Crippen molar-refractivity contribution in [2.45, 2.75) is 76.3 Å². The van der Waals surface area contributed by atoms with Gasteiger partial charge in [0.05, 0.1) is 31.3 Å². The number of benzene rings is 1. The number of aromatic nitrogens is 2. The Morgan fingerprint density at radius 1 is 1.21 bits per heavy atom. The predicted molar refractivity (Wildman–Crippen MR) is 158 cm³/mol. The van der Waals surface area contributed by atoms with Crippen LogP contribution in [0.3, 0.4) is 0 Å². The predicted octanol–water partition coefficient (Wildman–Crippen LogP) is 4.20. The summed E-state index contributed by atoms with van der Waals surface area (Å²) in [7, 11) is 0. The summed E-state index contributed by atoms with van der Waals surface area (Å²) in [4.78, 5) is 20.2. The van der Waals surface area contributed by atoms with E-state index >= 15 is 0 Å². The van der Waals surface area contributed by atoms with Gasteiger partial charge in [-0.15, -0.1) is 0 Å². The maximum absolute atomic E-state index is 14.2. The van der Waals surface area contributed by atoms with Crippen LogP contribution in [0.1, 0.15) is 73.9 Å². The number of alkyl halides is 1. The quantitative estimate of drug-likeness (QED) is 0.380. The smallest absolute Gasteiger partial charge is 0.323 e. The summed E-state index contributed by atoms with van der Waals surface area (Å²) in [5.74, 6) is 0.782. The highest BCUT2D eigenvalue weighted by Gasteiger charge is 2.47. The third-order valence-corrected chi connectivity index (χ3v) is 9.01. The first-order valence-corrected chi connectivity index (χ1v) is 15.3. The number of hydrogen-bond acceptors (Lipinski definition) is 10. The van der Waals surface area contributed by atoms with E-state index in [4.69, 9.17) is 34.7 Å². The number of hydrogen-bond donors (Lipinski definition) is 2. The molecule has 0 radical (unpaired) electrons. The zero-order valence-corrected chi connectivity index (χ0v) is 24.5. The Bertz CT molecular complexity index is 1260. The normalized spacial score (nSPS) is 27.2. The first-order valence-electron chi connectivity index (χ1n) is 15.3. The third kappa shape index (κ3) is 6.40. The van der Waals surface area contributed by atoms with E-state index in [1.165, 1.54) is 0 Å². The van der Waals surface area contributed by atoms with E-state index in [1.54, 1.807) is 6.26 Å². The number of nitrogen functional groups attached to an aromatic ring is 1. The SMILES string of the molecule is CCC1OCNOCc2c(nc(O/C=C\CC34CCCN3C[C@H](F)C4)nc2N2CCCOCC2)Cc2cc(N)ccc21. The minimum Gasteiger partial charge on any atom is -0.433 e. The van der Waals surface area contributed by atoms with E-state index < -0.39 is 6.17 Å². The summed E-state index contributed by atoms with van der Waals surface area (Å²) < 4.78 is 32.2. The molecule has 11 heteroatoms. The highest BCUT2D eigenvalue weighted by Crippen LogP contribution is 2.42. The topological polar surface area (TPSA) is 107 Å². The summed E-state index contributed by atoms with van der Waals surface area (Å²) in [6.07, 6.45) is 8.50. The molecule has 0 amide bonds. The van der Waals surface area contributed by atoms with Crippen molar-refractivity contribution in [1.29, 1.82) is 0 Å². The molecule has 0 bridgehead atoms. The maximum Gasteiger partial charge on any atom is 0.323 e. The van der Waals surface area contributed by atoms with Crippen LogP contribution in [0.4, 0.5) is 15.9 Å². The van der Waals surface area contributed by atoms with E-state index in [1.807, 2.05) is 24.3 Å². The molecule has 4 aliphatic rings. The number of rotatable bonds is 6. The average molecular weight is 583 g/mol. The van der Waals surface area contributed by atoms with Gasteiger partial charge in [-0.3, -0.25) is 9.74 Å². The standard InChI is InChI=1S/C31H43FN6O4/c1-2-28-25-7-6-24(33)16-22(25)17-27-26(20-42-34-21-41-28)29(37-10-5-13-39-15-12-37)36-30(35-27)40-14-4-9-31-8-3-11-38(31)19-23(32)18-31/h4,6-7,14,16,23,28,34H,2-3,5,8-13,15,17-21,33H2,1H3/b14-4-/t23-,28?,31?/m1/s1. The molecule has 5 heterocycles. The van der Waals surface area contributed by atoms with Gasteiger partial charge < -0.3 is 24.8 Å². The van der Waals surface area contributed by atoms with Crippen LogP contribution in [0.5, 0.6) is 6.01 Å². The molecule has 3 atom stereocenters. The molecule has 1 aromatic heterocycles. The molecule has 3 fully saturated rings. The Hall–Kier alpha value is -2.83. The monoisotopic (exact) mass is 582 g/mol. The fourth-order valence-electron chi connectivity index (χ4n) is 6.98. The summed E-state index contributed by atoms with van der Waals surface area (Å²) in [5, 5.41) is 0. The van der Waals surface area contributed by atoms with Gasteiger partial charge >= 0.3 is 6.01 Å². The Morgan fingerprint density at radius 2 is 2.14 bits per heavy atom. The van der Waals surface area contributed by atoms with Crippen LogP contribution in [0.25, 0.3) is 0 Å². The van der Waals surface area contributed by atoms with Gasteiger partial charge in [0.2, 0.25) is 0 Å². The lowest BCUT2D eigenvalue weighted by molar-refractivity contribution is -0.0675. The average Bonchev–Trinajstić information content (AvgIpc) is 3.34. The number of nitrogens with zero attached hydrogens (tertiary/aromatic N) is 4. The summed E-state index contributed by atoms with van der Waals surface area (Å²) >= 11 is 0. The van der Waals surface area contributed by atoms with Gasteiger partial charge in [0.25, 0.3) is 0 Å². The summed E-state index contributed by atoms with van der Waals surface area (Å²) in [6.45, 7) is 6.97. The maximum atomic E-state index is 14.2. The Balaban J connectivity index is 1.33. The van der Waals surface area contributed by atoms with E-state index in [0.29, 0.717) is 38.2 Å². The lowest BCUT2D eigenvalue weighted by Crippen LogP contribution is -2.37. The number of fused-ring (bicyclic) bond motifs is 3. The molecule has 42 heavy (non-hydrogen) atoms. The van der Waals surface area contributed by atoms with Crippen molar-refractivity contribution in [1.82, 2.24) is 20.3 Å².